The van der Waals surface area contributed by atoms with Gasteiger partial charge in [0.15, 0.2) is 15.8 Å². The number of nitrogens with one attached hydrogen (secondary N) is 2. The zero-order valence-corrected chi connectivity index (χ0v) is 16.6. The van der Waals surface area contributed by atoms with Crippen molar-refractivity contribution in [3.63, 3.8) is 0 Å². The highest BCUT2D eigenvalue weighted by molar-refractivity contribution is 7.89. The van der Waals surface area contributed by atoms with Gasteiger partial charge >= 0.3 is 0 Å². The Hall–Kier alpha value is -1.67. The molecule has 2 rings (SSSR count). The van der Waals surface area contributed by atoms with Crippen molar-refractivity contribution in [3.05, 3.63) is 35.1 Å². The smallest absolute Gasteiger partial charge is 0.191 e. The number of likely N-dealkylation sites (tertiary alicyclic amines) is 1. The SMILES string of the molecule is CCN1CCCC1CNC(=NC)NCc1cc(F)ccc1CS(C)(=O)=O. The van der Waals surface area contributed by atoms with Crippen LogP contribution in [0.4, 0.5) is 4.39 Å². The van der Waals surface area contributed by atoms with Crippen LogP contribution < -0.4 is 10.6 Å². The zero-order chi connectivity index (χ0) is 19.2. The van der Waals surface area contributed by atoms with Gasteiger partial charge in [0, 0.05) is 32.4 Å². The van der Waals surface area contributed by atoms with Gasteiger partial charge in [0.25, 0.3) is 0 Å². The van der Waals surface area contributed by atoms with E-state index in [1.807, 2.05) is 0 Å². The van der Waals surface area contributed by atoms with Crippen molar-refractivity contribution in [2.24, 2.45) is 4.99 Å². The van der Waals surface area contributed by atoms with Crippen molar-refractivity contribution in [1.29, 1.82) is 0 Å². The summed E-state index contributed by atoms with van der Waals surface area (Å²) in [7, 11) is -1.50. The third-order valence-corrected chi connectivity index (χ3v) is 5.50. The van der Waals surface area contributed by atoms with E-state index in [0.29, 0.717) is 29.7 Å². The van der Waals surface area contributed by atoms with Crippen molar-refractivity contribution in [1.82, 2.24) is 15.5 Å². The van der Waals surface area contributed by atoms with Gasteiger partial charge in [-0.25, -0.2) is 12.8 Å². The number of nitrogens with zero attached hydrogens (tertiary/aromatic N) is 2. The van der Waals surface area contributed by atoms with Gasteiger partial charge in [0.05, 0.1) is 5.75 Å². The predicted octanol–water partition coefficient (Wildman–Crippen LogP) is 1.52. The number of likely N-dealkylation sites (N-methyl/N-ethyl adjacent to an activating group) is 1. The van der Waals surface area contributed by atoms with Gasteiger partial charge in [-0.2, -0.15) is 0 Å². The Labute approximate surface area is 155 Å². The van der Waals surface area contributed by atoms with E-state index in [-0.39, 0.29) is 11.6 Å². The molecule has 0 saturated carbocycles. The van der Waals surface area contributed by atoms with Crippen LogP contribution in [0, 0.1) is 5.82 Å². The van der Waals surface area contributed by atoms with Gasteiger partial charge in [0.1, 0.15) is 5.82 Å². The van der Waals surface area contributed by atoms with Gasteiger partial charge in [-0.3, -0.25) is 9.89 Å². The third-order valence-electron chi connectivity index (χ3n) is 4.67. The van der Waals surface area contributed by atoms with E-state index in [9.17, 15) is 12.8 Å². The number of guanidine groups is 1. The molecule has 6 nitrogen and oxygen atoms in total. The average Bonchev–Trinajstić information content (AvgIpc) is 3.03. The lowest BCUT2D eigenvalue weighted by Crippen LogP contribution is -2.44. The molecule has 1 unspecified atom stereocenters. The van der Waals surface area contributed by atoms with E-state index in [1.54, 1.807) is 7.05 Å². The standard InChI is InChI=1S/C18H29FN4O2S/c1-4-23-9-5-6-17(23)12-22-18(20-2)21-11-15-10-16(19)8-7-14(15)13-26(3,24)25/h7-8,10,17H,4-6,9,11-13H2,1-3H3,(H2,20,21,22). The van der Waals surface area contributed by atoms with Crippen LogP contribution in [0.1, 0.15) is 30.9 Å². The summed E-state index contributed by atoms with van der Waals surface area (Å²) in [4.78, 5) is 6.65. The fourth-order valence-electron chi connectivity index (χ4n) is 3.34. The van der Waals surface area contributed by atoms with Gasteiger partial charge in [-0.05, 0) is 49.2 Å². The first kappa shape index (κ1) is 20.6. The second-order valence-corrected chi connectivity index (χ2v) is 8.85. The molecule has 1 aromatic carbocycles. The van der Waals surface area contributed by atoms with E-state index in [2.05, 4.69) is 27.4 Å². The number of hydrogen-bond acceptors (Lipinski definition) is 4. The number of rotatable bonds is 7. The minimum absolute atomic E-state index is 0.107. The summed E-state index contributed by atoms with van der Waals surface area (Å²) in [5.41, 5.74) is 1.22. The number of hydrogen-bond donors (Lipinski definition) is 2. The first-order valence-corrected chi connectivity index (χ1v) is 11.0. The van der Waals surface area contributed by atoms with Crippen LogP contribution in [0.2, 0.25) is 0 Å². The highest BCUT2D eigenvalue weighted by Crippen LogP contribution is 2.16. The molecule has 1 aromatic rings. The second kappa shape index (κ2) is 9.32. The molecule has 0 aromatic heterocycles. The summed E-state index contributed by atoms with van der Waals surface area (Å²) in [6.07, 6.45) is 3.56. The van der Waals surface area contributed by atoms with Crippen LogP contribution in [-0.2, 0) is 22.1 Å². The molecule has 1 heterocycles. The molecule has 0 amide bonds. The maximum atomic E-state index is 13.6. The van der Waals surface area contributed by atoms with E-state index in [1.165, 1.54) is 37.3 Å². The Morgan fingerprint density at radius 1 is 1.35 bits per heavy atom. The summed E-state index contributed by atoms with van der Waals surface area (Å²) < 4.78 is 36.8. The third kappa shape index (κ3) is 6.25. The maximum Gasteiger partial charge on any atom is 0.191 e. The minimum Gasteiger partial charge on any atom is -0.355 e. The quantitative estimate of drug-likeness (QED) is 0.551. The Morgan fingerprint density at radius 3 is 2.77 bits per heavy atom. The van der Waals surface area contributed by atoms with Crippen molar-refractivity contribution < 1.29 is 12.8 Å². The van der Waals surface area contributed by atoms with E-state index < -0.39 is 9.84 Å². The van der Waals surface area contributed by atoms with Crippen LogP contribution in [0.15, 0.2) is 23.2 Å². The summed E-state index contributed by atoms with van der Waals surface area (Å²) in [6, 6.07) is 4.68. The Kier molecular flexibility index (Phi) is 7.40. The number of sulfone groups is 1. The normalized spacial score (nSPS) is 18.9. The molecule has 1 aliphatic rings. The van der Waals surface area contributed by atoms with Crippen LogP contribution in [0.25, 0.3) is 0 Å². The highest BCUT2D eigenvalue weighted by Gasteiger charge is 2.22. The van der Waals surface area contributed by atoms with Crippen LogP contribution in [-0.4, -0.2) is 58.3 Å². The van der Waals surface area contributed by atoms with Crippen LogP contribution in [0.3, 0.4) is 0 Å². The van der Waals surface area contributed by atoms with Gasteiger partial charge in [-0.1, -0.05) is 13.0 Å². The van der Waals surface area contributed by atoms with Gasteiger partial charge < -0.3 is 10.6 Å². The van der Waals surface area contributed by atoms with E-state index in [0.717, 1.165) is 19.6 Å². The lowest BCUT2D eigenvalue weighted by Gasteiger charge is -2.24. The number of halogens is 1. The number of aliphatic imine (C=N–C) groups is 1. The van der Waals surface area contributed by atoms with Crippen molar-refractivity contribution in [2.45, 2.75) is 38.1 Å². The Bertz CT molecular complexity index is 737. The summed E-state index contributed by atoms with van der Waals surface area (Å²) >= 11 is 0. The second-order valence-electron chi connectivity index (χ2n) is 6.71. The molecule has 0 aliphatic carbocycles. The Balaban J connectivity index is 1.96. The maximum absolute atomic E-state index is 13.6. The molecule has 0 bridgehead atoms. The molecule has 0 radical (unpaired) electrons. The monoisotopic (exact) mass is 384 g/mol. The fraction of sp³-hybridized carbons (Fsp3) is 0.611. The lowest BCUT2D eigenvalue weighted by atomic mass is 10.1. The zero-order valence-electron chi connectivity index (χ0n) is 15.8. The molecule has 26 heavy (non-hydrogen) atoms. The van der Waals surface area contributed by atoms with Crippen molar-refractivity contribution in [2.75, 3.05) is 32.9 Å². The number of benzene rings is 1. The Morgan fingerprint density at radius 2 is 2.12 bits per heavy atom. The molecule has 8 heteroatoms. The molecule has 1 atom stereocenters. The summed E-state index contributed by atoms with van der Waals surface area (Å²) in [6.45, 7) is 5.44. The van der Waals surface area contributed by atoms with Crippen molar-refractivity contribution >= 4 is 15.8 Å². The minimum atomic E-state index is -3.19. The van der Waals surface area contributed by atoms with Gasteiger partial charge in [-0.15, -0.1) is 0 Å². The molecule has 1 aliphatic heterocycles. The average molecular weight is 385 g/mol. The van der Waals surface area contributed by atoms with Crippen molar-refractivity contribution in [3.8, 4) is 0 Å². The first-order valence-electron chi connectivity index (χ1n) is 8.96. The van der Waals surface area contributed by atoms with Gasteiger partial charge in [0.2, 0.25) is 0 Å². The molecular formula is C18H29FN4O2S. The lowest BCUT2D eigenvalue weighted by molar-refractivity contribution is 0.267. The molecular weight excluding hydrogens is 355 g/mol. The predicted molar refractivity (Wildman–Crippen MR) is 103 cm³/mol. The van der Waals surface area contributed by atoms with Crippen LogP contribution >= 0.6 is 0 Å². The largest absolute Gasteiger partial charge is 0.355 e. The molecule has 146 valence electrons. The fourth-order valence-corrected chi connectivity index (χ4v) is 4.19. The first-order chi connectivity index (χ1) is 12.3. The molecule has 1 saturated heterocycles. The van der Waals surface area contributed by atoms with E-state index >= 15 is 0 Å². The molecule has 0 spiro atoms. The molecule has 2 N–H and O–H groups in total. The summed E-state index contributed by atoms with van der Waals surface area (Å²) in [5.74, 6) is 0.137. The summed E-state index contributed by atoms with van der Waals surface area (Å²) in [5, 5.41) is 6.47. The molecule has 1 fully saturated rings. The van der Waals surface area contributed by atoms with E-state index in [4.69, 9.17) is 0 Å². The topological polar surface area (TPSA) is 73.8 Å². The highest BCUT2D eigenvalue weighted by atomic mass is 32.2. The van der Waals surface area contributed by atoms with Crippen LogP contribution in [0.5, 0.6) is 0 Å².